The van der Waals surface area contributed by atoms with Crippen LogP contribution in [0.2, 0.25) is 0 Å². The molecule has 0 heterocycles. The lowest BCUT2D eigenvalue weighted by Crippen LogP contribution is -2.54. The van der Waals surface area contributed by atoms with Gasteiger partial charge in [-0.05, 0) is 86.2 Å². The molecule has 0 aliphatic heterocycles. The molecule has 4 aromatic rings. The molecule has 2 amide bonds. The maximum absolute atomic E-state index is 14.8. The Hall–Kier alpha value is -4.83. The van der Waals surface area contributed by atoms with Crippen LogP contribution in [-0.4, -0.2) is 58.0 Å². The number of carbonyl (C=O) groups excluding carboxylic acids is 2. The van der Waals surface area contributed by atoms with Gasteiger partial charge in [-0.15, -0.1) is 0 Å². The Morgan fingerprint density at radius 3 is 2.06 bits per heavy atom. The largest absolute Gasteiger partial charge is 0.493 e. The van der Waals surface area contributed by atoms with E-state index in [0.29, 0.717) is 17.9 Å². The zero-order chi connectivity index (χ0) is 35.7. The van der Waals surface area contributed by atoms with Crippen molar-refractivity contribution in [1.29, 1.82) is 0 Å². The molecule has 49 heavy (non-hydrogen) atoms. The summed E-state index contributed by atoms with van der Waals surface area (Å²) in [6.45, 7) is 9.16. The van der Waals surface area contributed by atoms with Gasteiger partial charge in [-0.25, -0.2) is 8.42 Å². The van der Waals surface area contributed by atoms with Gasteiger partial charge in [0.2, 0.25) is 11.8 Å². The van der Waals surface area contributed by atoms with E-state index in [4.69, 9.17) is 9.47 Å². The molecule has 0 spiro atoms. The summed E-state index contributed by atoms with van der Waals surface area (Å²) in [5.41, 5.74) is 4.68. The first-order chi connectivity index (χ1) is 23.4. The molecule has 10 heteroatoms. The number of hydrogen-bond acceptors (Lipinski definition) is 6. The second kappa shape index (κ2) is 16.5. The Balaban J connectivity index is 1.87. The number of methoxy groups -OCH3 is 2. The second-order valence-corrected chi connectivity index (χ2v) is 14.2. The number of amides is 2. The zero-order valence-corrected chi connectivity index (χ0v) is 30.2. The molecule has 9 nitrogen and oxygen atoms in total. The molecule has 0 aromatic heterocycles. The molecule has 4 aromatic carbocycles. The molecule has 2 atom stereocenters. The van der Waals surface area contributed by atoms with Crippen molar-refractivity contribution in [3.63, 3.8) is 0 Å². The van der Waals surface area contributed by atoms with Crippen LogP contribution < -0.4 is 19.1 Å². The van der Waals surface area contributed by atoms with E-state index in [-0.39, 0.29) is 35.6 Å². The van der Waals surface area contributed by atoms with Crippen molar-refractivity contribution in [1.82, 2.24) is 10.2 Å². The summed E-state index contributed by atoms with van der Waals surface area (Å²) in [6.07, 6.45) is 0.951. The summed E-state index contributed by atoms with van der Waals surface area (Å²) >= 11 is 0. The summed E-state index contributed by atoms with van der Waals surface area (Å²) < 4.78 is 41.0. The minimum Gasteiger partial charge on any atom is -0.493 e. The maximum atomic E-state index is 14.8. The molecule has 0 saturated carbocycles. The molecule has 0 radical (unpaired) electrons. The van der Waals surface area contributed by atoms with Gasteiger partial charge in [-0.3, -0.25) is 13.9 Å². The summed E-state index contributed by atoms with van der Waals surface area (Å²) in [5.74, 6) is -0.218. The van der Waals surface area contributed by atoms with E-state index >= 15 is 0 Å². The molecule has 0 bridgehead atoms. The van der Waals surface area contributed by atoms with Crippen molar-refractivity contribution in [2.45, 2.75) is 71.0 Å². The van der Waals surface area contributed by atoms with Crippen molar-refractivity contribution < 1.29 is 27.5 Å². The number of benzene rings is 4. The van der Waals surface area contributed by atoms with Gasteiger partial charge in [0.25, 0.3) is 10.0 Å². The molecule has 0 aliphatic rings. The highest BCUT2D eigenvalue weighted by atomic mass is 32.2. The molecular weight excluding hydrogens is 639 g/mol. The Labute approximate surface area is 290 Å². The van der Waals surface area contributed by atoms with Crippen LogP contribution in [0.4, 0.5) is 5.69 Å². The van der Waals surface area contributed by atoms with E-state index in [1.54, 1.807) is 12.1 Å². The van der Waals surface area contributed by atoms with Gasteiger partial charge in [0.05, 0.1) is 24.8 Å². The SMILES string of the molecule is CC[C@H](C)NC(=O)[C@H](Cc1ccccc1)N(Cc1ccccc1C)C(=O)CN(c1cc(C)cc(C)c1)S(=O)(=O)c1ccc(OC)c(OC)c1. The summed E-state index contributed by atoms with van der Waals surface area (Å²) in [4.78, 5) is 30.3. The van der Waals surface area contributed by atoms with Gasteiger partial charge in [0.1, 0.15) is 12.6 Å². The minimum atomic E-state index is -4.33. The van der Waals surface area contributed by atoms with Gasteiger partial charge in [0.15, 0.2) is 11.5 Å². The number of anilines is 1. The highest BCUT2D eigenvalue weighted by molar-refractivity contribution is 7.92. The topological polar surface area (TPSA) is 105 Å². The summed E-state index contributed by atoms with van der Waals surface area (Å²) in [6, 6.07) is 25.9. The fourth-order valence-corrected chi connectivity index (χ4v) is 7.11. The number of aryl methyl sites for hydroxylation is 3. The standard InChI is InChI=1S/C39H47N3O6S/c1-8-30(5)40-39(44)35(23-31-15-10-9-11-16-31)41(25-32-17-13-12-14-29(32)4)38(43)26-42(33-21-27(2)20-28(3)22-33)49(45,46)34-18-19-36(47-6)37(24-34)48-7/h9-22,24,30,35H,8,23,25-26H2,1-7H3,(H,40,44)/t30-,35-/m0/s1. The highest BCUT2D eigenvalue weighted by Crippen LogP contribution is 2.33. The number of nitrogens with one attached hydrogen (secondary N) is 1. The van der Waals surface area contributed by atoms with Gasteiger partial charge in [0, 0.05) is 25.1 Å². The number of nitrogens with zero attached hydrogens (tertiary/aromatic N) is 2. The fraction of sp³-hybridized carbons (Fsp3) is 0.333. The smallest absolute Gasteiger partial charge is 0.264 e. The lowest BCUT2D eigenvalue weighted by Gasteiger charge is -2.34. The lowest BCUT2D eigenvalue weighted by molar-refractivity contribution is -0.140. The van der Waals surface area contributed by atoms with E-state index in [1.165, 1.54) is 37.3 Å². The lowest BCUT2D eigenvalue weighted by atomic mass is 10.0. The Bertz CT molecular complexity index is 1840. The van der Waals surface area contributed by atoms with Gasteiger partial charge in [-0.1, -0.05) is 67.6 Å². The van der Waals surface area contributed by atoms with Gasteiger partial charge >= 0.3 is 0 Å². The van der Waals surface area contributed by atoms with Crippen LogP contribution in [0.25, 0.3) is 0 Å². The van der Waals surface area contributed by atoms with Crippen LogP contribution >= 0.6 is 0 Å². The van der Waals surface area contributed by atoms with Crippen molar-refractivity contribution >= 4 is 27.5 Å². The van der Waals surface area contributed by atoms with Crippen molar-refractivity contribution in [3.8, 4) is 11.5 Å². The molecule has 0 saturated heterocycles. The number of sulfonamides is 1. The average Bonchev–Trinajstić information content (AvgIpc) is 3.08. The predicted octanol–water partition coefficient (Wildman–Crippen LogP) is 6.38. The second-order valence-electron chi connectivity index (χ2n) is 12.3. The first-order valence-corrected chi connectivity index (χ1v) is 17.8. The third kappa shape index (κ3) is 9.20. The highest BCUT2D eigenvalue weighted by Gasteiger charge is 2.35. The number of rotatable bonds is 15. The molecule has 0 unspecified atom stereocenters. The summed E-state index contributed by atoms with van der Waals surface area (Å²) in [7, 11) is -1.43. The van der Waals surface area contributed by atoms with Crippen LogP contribution in [-0.2, 0) is 32.6 Å². The van der Waals surface area contributed by atoms with E-state index < -0.39 is 28.5 Å². The van der Waals surface area contributed by atoms with Crippen LogP contribution in [0, 0.1) is 20.8 Å². The normalized spacial score (nSPS) is 12.5. The average molecular weight is 686 g/mol. The molecule has 0 fully saturated rings. The third-order valence-corrected chi connectivity index (χ3v) is 10.4. The van der Waals surface area contributed by atoms with Crippen LogP contribution in [0.1, 0.15) is 48.1 Å². The fourth-order valence-electron chi connectivity index (χ4n) is 5.69. The third-order valence-electron chi connectivity index (χ3n) is 8.59. The Kier molecular flexibility index (Phi) is 12.5. The molecule has 4 rings (SSSR count). The number of carbonyl (C=O) groups is 2. The first kappa shape index (κ1) is 37.0. The quantitative estimate of drug-likeness (QED) is 0.156. The number of ether oxygens (including phenoxy) is 2. The van der Waals surface area contributed by atoms with Crippen LogP contribution in [0.15, 0.2) is 95.9 Å². The van der Waals surface area contributed by atoms with Gasteiger partial charge < -0.3 is 19.7 Å². The van der Waals surface area contributed by atoms with Gasteiger partial charge in [-0.2, -0.15) is 0 Å². The molecule has 0 aliphatic carbocycles. The summed E-state index contributed by atoms with van der Waals surface area (Å²) in [5, 5.41) is 3.07. The van der Waals surface area contributed by atoms with Crippen molar-refractivity contribution in [3.05, 3.63) is 119 Å². The Morgan fingerprint density at radius 2 is 1.45 bits per heavy atom. The van der Waals surface area contributed by atoms with E-state index in [1.807, 2.05) is 95.3 Å². The van der Waals surface area contributed by atoms with Crippen LogP contribution in [0.5, 0.6) is 11.5 Å². The van der Waals surface area contributed by atoms with E-state index in [0.717, 1.165) is 32.1 Å². The zero-order valence-electron chi connectivity index (χ0n) is 29.4. The monoisotopic (exact) mass is 685 g/mol. The first-order valence-electron chi connectivity index (χ1n) is 16.4. The van der Waals surface area contributed by atoms with Crippen molar-refractivity contribution in [2.24, 2.45) is 0 Å². The van der Waals surface area contributed by atoms with Crippen molar-refractivity contribution in [2.75, 3.05) is 25.1 Å². The molecule has 260 valence electrons. The molecular formula is C39H47N3O6S. The number of hydrogen-bond donors (Lipinski definition) is 1. The Morgan fingerprint density at radius 1 is 0.816 bits per heavy atom. The van der Waals surface area contributed by atoms with E-state index in [2.05, 4.69) is 5.32 Å². The minimum absolute atomic E-state index is 0.0714. The predicted molar refractivity (Wildman–Crippen MR) is 194 cm³/mol. The maximum Gasteiger partial charge on any atom is 0.264 e. The molecule has 1 N–H and O–H groups in total. The van der Waals surface area contributed by atoms with E-state index in [9.17, 15) is 18.0 Å². The van der Waals surface area contributed by atoms with Crippen LogP contribution in [0.3, 0.4) is 0 Å².